The highest BCUT2D eigenvalue weighted by molar-refractivity contribution is 5.96. The van der Waals surface area contributed by atoms with Gasteiger partial charge in [0.05, 0.1) is 6.21 Å². The monoisotopic (exact) mass is 388 g/mol. The molecule has 3 aromatic carbocycles. The molecule has 0 aliphatic heterocycles. The molecule has 1 aromatic heterocycles. The Labute approximate surface area is 166 Å². The van der Waals surface area contributed by atoms with Crippen molar-refractivity contribution in [1.29, 1.82) is 0 Å². The minimum absolute atomic E-state index is 0.194. The number of carbonyl (C=O) groups is 1. The number of fused-ring (bicyclic) bond motifs is 1. The summed E-state index contributed by atoms with van der Waals surface area (Å²) < 4.78 is 24.2. The number of furan rings is 1. The van der Waals surface area contributed by atoms with Gasteiger partial charge in [0, 0.05) is 5.39 Å². The summed E-state index contributed by atoms with van der Waals surface area (Å²) >= 11 is 0. The van der Waals surface area contributed by atoms with Crippen molar-refractivity contribution in [2.45, 2.75) is 6.61 Å². The summed E-state index contributed by atoms with van der Waals surface area (Å²) in [5, 5.41) is 4.83. The molecule has 1 N–H and O–H groups in total. The van der Waals surface area contributed by atoms with E-state index in [1.165, 1.54) is 18.3 Å². The Hall–Kier alpha value is -3.93. The standard InChI is InChI=1S/C23H17FN2O3/c24-19-10-8-16(9-11-19)15-28-20-6-3-4-17(12-20)14-25-26-23(27)22-13-18-5-1-2-7-21(18)29-22/h1-14H,15H2,(H,26,27)/b25-14+. The number of rotatable bonds is 6. The third kappa shape index (κ3) is 4.68. The van der Waals surface area contributed by atoms with Gasteiger partial charge in [-0.05, 0) is 47.5 Å². The Morgan fingerprint density at radius 1 is 1.03 bits per heavy atom. The molecule has 0 bridgehead atoms. The van der Waals surface area contributed by atoms with E-state index in [-0.39, 0.29) is 11.6 Å². The normalized spacial score (nSPS) is 11.1. The van der Waals surface area contributed by atoms with Crippen LogP contribution in [-0.2, 0) is 6.61 Å². The van der Waals surface area contributed by atoms with Gasteiger partial charge < -0.3 is 9.15 Å². The van der Waals surface area contributed by atoms with Gasteiger partial charge in [-0.1, -0.05) is 42.5 Å². The molecular formula is C23H17FN2O3. The average molecular weight is 388 g/mol. The molecule has 0 fully saturated rings. The fraction of sp³-hybridized carbons (Fsp3) is 0.0435. The smallest absolute Gasteiger partial charge is 0.307 e. The number of nitrogens with one attached hydrogen (secondary N) is 1. The van der Waals surface area contributed by atoms with Gasteiger partial charge in [0.2, 0.25) is 0 Å². The minimum atomic E-state index is -0.429. The van der Waals surface area contributed by atoms with Gasteiger partial charge in [0.15, 0.2) is 5.76 Å². The highest BCUT2D eigenvalue weighted by atomic mass is 19.1. The van der Waals surface area contributed by atoms with E-state index < -0.39 is 5.91 Å². The molecule has 0 saturated carbocycles. The molecule has 0 spiro atoms. The maximum absolute atomic E-state index is 12.9. The van der Waals surface area contributed by atoms with Gasteiger partial charge in [-0.25, -0.2) is 9.82 Å². The van der Waals surface area contributed by atoms with E-state index in [0.717, 1.165) is 16.5 Å². The van der Waals surface area contributed by atoms with E-state index in [1.807, 2.05) is 36.4 Å². The van der Waals surface area contributed by atoms with Crippen LogP contribution < -0.4 is 10.2 Å². The van der Waals surface area contributed by atoms with Crippen LogP contribution in [0.2, 0.25) is 0 Å². The number of halogens is 1. The predicted octanol–water partition coefficient (Wildman–Crippen LogP) is 4.91. The number of carbonyl (C=O) groups excluding carboxylic acids is 1. The average Bonchev–Trinajstić information content (AvgIpc) is 3.18. The highest BCUT2D eigenvalue weighted by Gasteiger charge is 2.10. The van der Waals surface area contributed by atoms with E-state index in [4.69, 9.17) is 9.15 Å². The number of ether oxygens (including phenoxy) is 1. The van der Waals surface area contributed by atoms with Crippen LogP contribution in [0.25, 0.3) is 11.0 Å². The van der Waals surface area contributed by atoms with Gasteiger partial charge in [0.1, 0.15) is 23.8 Å². The van der Waals surface area contributed by atoms with Gasteiger partial charge in [-0.2, -0.15) is 5.10 Å². The van der Waals surface area contributed by atoms with Crippen molar-refractivity contribution in [2.75, 3.05) is 0 Å². The van der Waals surface area contributed by atoms with Gasteiger partial charge in [-0.15, -0.1) is 0 Å². The Balaban J connectivity index is 1.36. The maximum Gasteiger partial charge on any atom is 0.307 e. The van der Waals surface area contributed by atoms with E-state index in [2.05, 4.69) is 10.5 Å². The third-order valence-corrected chi connectivity index (χ3v) is 4.21. The lowest BCUT2D eigenvalue weighted by Gasteiger charge is -2.07. The molecule has 1 heterocycles. The number of para-hydroxylation sites is 1. The van der Waals surface area contributed by atoms with Crippen molar-refractivity contribution in [3.63, 3.8) is 0 Å². The van der Waals surface area contributed by atoms with Gasteiger partial charge in [-0.3, -0.25) is 4.79 Å². The lowest BCUT2D eigenvalue weighted by Crippen LogP contribution is -2.16. The number of hydrogen-bond acceptors (Lipinski definition) is 4. The summed E-state index contributed by atoms with van der Waals surface area (Å²) in [5.41, 5.74) is 4.72. The number of hydrogen-bond donors (Lipinski definition) is 1. The Kier molecular flexibility index (Phi) is 5.33. The fourth-order valence-corrected chi connectivity index (χ4v) is 2.75. The first-order valence-electron chi connectivity index (χ1n) is 8.97. The lowest BCUT2D eigenvalue weighted by atomic mass is 10.2. The van der Waals surface area contributed by atoms with Crippen molar-refractivity contribution < 1.29 is 18.3 Å². The second kappa shape index (κ2) is 8.39. The van der Waals surface area contributed by atoms with Crippen LogP contribution in [0.5, 0.6) is 5.75 Å². The van der Waals surface area contributed by atoms with Crippen molar-refractivity contribution >= 4 is 23.1 Å². The number of hydrazone groups is 1. The van der Waals surface area contributed by atoms with Gasteiger partial charge in [0.25, 0.3) is 0 Å². The highest BCUT2D eigenvalue weighted by Crippen LogP contribution is 2.18. The second-order valence-corrected chi connectivity index (χ2v) is 6.34. The van der Waals surface area contributed by atoms with Crippen molar-refractivity contribution in [3.8, 4) is 5.75 Å². The van der Waals surface area contributed by atoms with E-state index in [9.17, 15) is 9.18 Å². The first-order valence-corrected chi connectivity index (χ1v) is 8.97. The molecule has 0 aliphatic rings. The van der Waals surface area contributed by atoms with E-state index in [1.54, 1.807) is 30.3 Å². The summed E-state index contributed by atoms with van der Waals surface area (Å²) in [5.74, 6) is 0.124. The summed E-state index contributed by atoms with van der Waals surface area (Å²) in [4.78, 5) is 12.2. The van der Waals surface area contributed by atoms with Crippen LogP contribution in [0, 0.1) is 5.82 Å². The zero-order chi connectivity index (χ0) is 20.1. The minimum Gasteiger partial charge on any atom is -0.489 e. The molecule has 0 aliphatic carbocycles. The van der Waals surface area contributed by atoms with E-state index in [0.29, 0.717) is 17.9 Å². The lowest BCUT2D eigenvalue weighted by molar-refractivity contribution is 0.0929. The van der Waals surface area contributed by atoms with Crippen LogP contribution in [0.1, 0.15) is 21.7 Å². The van der Waals surface area contributed by atoms with E-state index >= 15 is 0 Å². The largest absolute Gasteiger partial charge is 0.489 e. The quantitative estimate of drug-likeness (QED) is 0.377. The molecule has 29 heavy (non-hydrogen) atoms. The molecule has 144 valence electrons. The van der Waals surface area contributed by atoms with Crippen LogP contribution in [-0.4, -0.2) is 12.1 Å². The molecule has 4 rings (SSSR count). The topological polar surface area (TPSA) is 63.8 Å². The summed E-state index contributed by atoms with van der Waals surface area (Å²) in [6.45, 7) is 0.323. The Morgan fingerprint density at radius 2 is 1.86 bits per heavy atom. The molecule has 0 radical (unpaired) electrons. The molecule has 1 amide bonds. The summed E-state index contributed by atoms with van der Waals surface area (Å²) in [7, 11) is 0. The molecule has 5 nitrogen and oxygen atoms in total. The van der Waals surface area contributed by atoms with Crippen LogP contribution >= 0.6 is 0 Å². The third-order valence-electron chi connectivity index (χ3n) is 4.21. The van der Waals surface area contributed by atoms with Crippen molar-refractivity contribution in [1.82, 2.24) is 5.43 Å². The van der Waals surface area contributed by atoms with Crippen LogP contribution in [0.4, 0.5) is 4.39 Å². The van der Waals surface area contributed by atoms with Gasteiger partial charge >= 0.3 is 5.91 Å². The molecule has 4 aromatic rings. The number of nitrogens with zero attached hydrogens (tertiary/aromatic N) is 1. The molecule has 0 unspecified atom stereocenters. The maximum atomic E-state index is 12.9. The summed E-state index contributed by atoms with van der Waals surface area (Å²) in [6, 6.07) is 22.5. The Bertz CT molecular complexity index is 1130. The first-order chi connectivity index (χ1) is 14.2. The second-order valence-electron chi connectivity index (χ2n) is 6.34. The van der Waals surface area contributed by atoms with Crippen LogP contribution in [0.15, 0.2) is 88.4 Å². The zero-order valence-corrected chi connectivity index (χ0v) is 15.3. The SMILES string of the molecule is O=C(N/N=C/c1cccc(OCc2ccc(F)cc2)c1)c1cc2ccccc2o1. The number of amides is 1. The molecule has 0 saturated heterocycles. The van der Waals surface area contributed by atoms with Crippen molar-refractivity contribution in [2.24, 2.45) is 5.10 Å². The Morgan fingerprint density at radius 3 is 2.69 bits per heavy atom. The molecular weight excluding hydrogens is 371 g/mol. The van der Waals surface area contributed by atoms with Crippen LogP contribution in [0.3, 0.4) is 0 Å². The first kappa shape index (κ1) is 18.4. The predicted molar refractivity (Wildman–Crippen MR) is 108 cm³/mol. The molecule has 6 heteroatoms. The molecule has 0 atom stereocenters. The van der Waals surface area contributed by atoms with Crippen molar-refractivity contribution in [3.05, 3.63) is 102 Å². The summed E-state index contributed by atoms with van der Waals surface area (Å²) in [6.07, 6.45) is 1.52. The number of benzene rings is 3. The zero-order valence-electron chi connectivity index (χ0n) is 15.3. The fourth-order valence-electron chi connectivity index (χ4n) is 2.75.